The number of fused-ring (bicyclic) bond motifs is 3. The average molecular weight is 187 g/mol. The van der Waals surface area contributed by atoms with Crippen LogP contribution in [0.4, 0.5) is 5.95 Å². The summed E-state index contributed by atoms with van der Waals surface area (Å²) in [7, 11) is 0. The summed E-state index contributed by atoms with van der Waals surface area (Å²) in [5.41, 5.74) is 7.37. The zero-order valence-corrected chi connectivity index (χ0v) is 6.99. The molecule has 0 aliphatic rings. The van der Waals surface area contributed by atoms with Gasteiger partial charge in [-0.15, -0.1) is 10.2 Å². The fourth-order valence-electron chi connectivity index (χ4n) is 1.28. The van der Waals surface area contributed by atoms with Crippen molar-refractivity contribution in [3.05, 3.63) is 18.7 Å². The monoisotopic (exact) mass is 187 g/mol. The zero-order valence-electron chi connectivity index (χ0n) is 6.99. The molecule has 0 saturated carbocycles. The molecule has 2 N–H and O–H groups in total. The van der Waals surface area contributed by atoms with E-state index < -0.39 is 0 Å². The SMILES string of the molecule is Nc1ncc2c(ncc3nncn32)n1. The summed E-state index contributed by atoms with van der Waals surface area (Å²) < 4.78 is 1.75. The van der Waals surface area contributed by atoms with Crippen LogP contribution >= 0.6 is 0 Å². The minimum absolute atomic E-state index is 0.206. The van der Waals surface area contributed by atoms with Gasteiger partial charge in [0.25, 0.3) is 0 Å². The van der Waals surface area contributed by atoms with Crippen molar-refractivity contribution in [1.29, 1.82) is 0 Å². The van der Waals surface area contributed by atoms with Crippen LogP contribution in [0, 0.1) is 0 Å². The normalized spacial score (nSPS) is 11.1. The first-order chi connectivity index (χ1) is 6.84. The first-order valence-electron chi connectivity index (χ1n) is 3.91. The second-order valence-electron chi connectivity index (χ2n) is 2.75. The predicted octanol–water partition coefficient (Wildman–Crippen LogP) is -0.350. The maximum absolute atomic E-state index is 5.44. The highest BCUT2D eigenvalue weighted by Crippen LogP contribution is 2.09. The van der Waals surface area contributed by atoms with Crippen LogP contribution in [0.2, 0.25) is 0 Å². The Morgan fingerprint density at radius 2 is 2.14 bits per heavy atom. The summed E-state index contributed by atoms with van der Waals surface area (Å²) in [5.74, 6) is 0.206. The van der Waals surface area contributed by atoms with E-state index in [9.17, 15) is 0 Å². The number of anilines is 1. The fraction of sp³-hybridized carbons (Fsp3) is 0. The number of nitrogens with zero attached hydrogens (tertiary/aromatic N) is 6. The van der Waals surface area contributed by atoms with E-state index in [1.54, 1.807) is 23.1 Å². The van der Waals surface area contributed by atoms with Gasteiger partial charge in [0.05, 0.1) is 12.4 Å². The third kappa shape index (κ3) is 0.830. The standard InChI is InChI=1S/C7H5N7/c8-7-10-1-4-6(12-7)9-2-5-13-11-3-14(4)5/h1-3H,(H2,8,10,12). The van der Waals surface area contributed by atoms with Gasteiger partial charge in [0.2, 0.25) is 5.95 Å². The summed E-state index contributed by atoms with van der Waals surface area (Å²) in [6, 6.07) is 0. The Hall–Kier alpha value is -2.31. The molecule has 0 saturated heterocycles. The van der Waals surface area contributed by atoms with Crippen molar-refractivity contribution < 1.29 is 0 Å². The number of nitrogen functional groups attached to an aromatic ring is 1. The summed E-state index contributed by atoms with van der Waals surface area (Å²) >= 11 is 0. The van der Waals surface area contributed by atoms with E-state index in [0.29, 0.717) is 11.3 Å². The number of hydrogen-bond donors (Lipinski definition) is 1. The van der Waals surface area contributed by atoms with Crippen molar-refractivity contribution >= 4 is 22.8 Å². The van der Waals surface area contributed by atoms with Gasteiger partial charge in [-0.2, -0.15) is 4.98 Å². The molecule has 14 heavy (non-hydrogen) atoms. The zero-order chi connectivity index (χ0) is 9.54. The Balaban J connectivity index is 2.57. The molecule has 0 aromatic carbocycles. The molecule has 7 nitrogen and oxygen atoms in total. The second-order valence-corrected chi connectivity index (χ2v) is 2.75. The van der Waals surface area contributed by atoms with Crippen LogP contribution in [0.15, 0.2) is 18.7 Å². The van der Waals surface area contributed by atoms with E-state index in [-0.39, 0.29) is 5.95 Å². The van der Waals surface area contributed by atoms with Crippen molar-refractivity contribution in [3.8, 4) is 0 Å². The molecule has 0 spiro atoms. The molecule has 0 unspecified atom stereocenters. The summed E-state index contributed by atoms with van der Waals surface area (Å²) in [6.45, 7) is 0. The van der Waals surface area contributed by atoms with Crippen molar-refractivity contribution in [2.24, 2.45) is 0 Å². The van der Waals surface area contributed by atoms with Gasteiger partial charge in [0.15, 0.2) is 11.3 Å². The molecule has 3 rings (SSSR count). The Morgan fingerprint density at radius 1 is 1.21 bits per heavy atom. The Bertz CT molecular complexity index is 614. The van der Waals surface area contributed by atoms with E-state index in [1.165, 1.54) is 0 Å². The van der Waals surface area contributed by atoms with Crippen LogP contribution in [-0.4, -0.2) is 29.5 Å². The lowest BCUT2D eigenvalue weighted by atomic mass is 10.5. The molecule has 0 aliphatic heterocycles. The molecule has 0 amide bonds. The van der Waals surface area contributed by atoms with Crippen LogP contribution in [0.3, 0.4) is 0 Å². The highest BCUT2D eigenvalue weighted by Gasteiger charge is 2.03. The Morgan fingerprint density at radius 3 is 3.07 bits per heavy atom. The fourth-order valence-corrected chi connectivity index (χ4v) is 1.28. The van der Waals surface area contributed by atoms with Gasteiger partial charge in [0.1, 0.15) is 11.8 Å². The van der Waals surface area contributed by atoms with Crippen LogP contribution in [0.25, 0.3) is 16.8 Å². The molecular weight excluding hydrogens is 182 g/mol. The molecule has 0 atom stereocenters. The second kappa shape index (κ2) is 2.34. The maximum Gasteiger partial charge on any atom is 0.222 e. The molecule has 0 bridgehead atoms. The summed E-state index contributed by atoms with van der Waals surface area (Å²) in [6.07, 6.45) is 4.77. The molecule has 0 aliphatic carbocycles. The largest absolute Gasteiger partial charge is 0.368 e. The molecule has 0 fully saturated rings. The molecule has 3 aromatic heterocycles. The van der Waals surface area contributed by atoms with Gasteiger partial charge in [-0.05, 0) is 0 Å². The molecule has 7 heteroatoms. The van der Waals surface area contributed by atoms with Crippen molar-refractivity contribution in [2.75, 3.05) is 5.73 Å². The number of hydrogen-bond acceptors (Lipinski definition) is 6. The van der Waals surface area contributed by atoms with Gasteiger partial charge in [-0.25, -0.2) is 9.97 Å². The Labute approximate surface area is 77.6 Å². The first kappa shape index (κ1) is 7.13. The number of rotatable bonds is 0. The number of aromatic nitrogens is 6. The van der Waals surface area contributed by atoms with Gasteiger partial charge in [-0.1, -0.05) is 0 Å². The van der Waals surface area contributed by atoms with Crippen molar-refractivity contribution in [1.82, 2.24) is 29.5 Å². The minimum atomic E-state index is 0.206. The van der Waals surface area contributed by atoms with Gasteiger partial charge < -0.3 is 5.73 Å². The lowest BCUT2D eigenvalue weighted by molar-refractivity contribution is 1.11. The summed E-state index contributed by atoms with van der Waals surface area (Å²) in [5, 5.41) is 7.61. The lowest BCUT2D eigenvalue weighted by Crippen LogP contribution is -1.98. The van der Waals surface area contributed by atoms with E-state index in [4.69, 9.17) is 5.73 Å². The van der Waals surface area contributed by atoms with Gasteiger partial charge >= 0.3 is 0 Å². The van der Waals surface area contributed by atoms with E-state index in [0.717, 1.165) is 5.52 Å². The smallest absolute Gasteiger partial charge is 0.222 e. The van der Waals surface area contributed by atoms with Gasteiger partial charge in [-0.3, -0.25) is 4.40 Å². The first-order valence-corrected chi connectivity index (χ1v) is 3.91. The highest BCUT2D eigenvalue weighted by molar-refractivity contribution is 5.72. The van der Waals surface area contributed by atoms with Crippen molar-refractivity contribution in [2.45, 2.75) is 0 Å². The molecule has 0 radical (unpaired) electrons. The predicted molar refractivity (Wildman–Crippen MR) is 48.3 cm³/mol. The Kier molecular flexibility index (Phi) is 1.19. The molecule has 3 aromatic rings. The quantitative estimate of drug-likeness (QED) is 0.516. The van der Waals surface area contributed by atoms with Crippen LogP contribution < -0.4 is 5.73 Å². The third-order valence-corrected chi connectivity index (χ3v) is 1.90. The maximum atomic E-state index is 5.44. The summed E-state index contributed by atoms with van der Waals surface area (Å²) in [4.78, 5) is 12.0. The number of nitrogens with two attached hydrogens (primary N) is 1. The molecule has 68 valence electrons. The minimum Gasteiger partial charge on any atom is -0.368 e. The molecular formula is C7H5N7. The average Bonchev–Trinajstić information content (AvgIpc) is 2.65. The third-order valence-electron chi connectivity index (χ3n) is 1.90. The lowest BCUT2D eigenvalue weighted by Gasteiger charge is -1.98. The van der Waals surface area contributed by atoms with E-state index in [1.807, 2.05) is 0 Å². The van der Waals surface area contributed by atoms with Crippen molar-refractivity contribution in [3.63, 3.8) is 0 Å². The van der Waals surface area contributed by atoms with Crippen LogP contribution in [0.1, 0.15) is 0 Å². The van der Waals surface area contributed by atoms with E-state index in [2.05, 4.69) is 25.1 Å². The highest BCUT2D eigenvalue weighted by atomic mass is 15.2. The topological polar surface area (TPSA) is 94.9 Å². The van der Waals surface area contributed by atoms with E-state index >= 15 is 0 Å². The molecule has 3 heterocycles. The van der Waals surface area contributed by atoms with Crippen LogP contribution in [-0.2, 0) is 0 Å². The van der Waals surface area contributed by atoms with Gasteiger partial charge in [0, 0.05) is 0 Å². The van der Waals surface area contributed by atoms with Crippen LogP contribution in [0.5, 0.6) is 0 Å².